The second kappa shape index (κ2) is 7.28. The van der Waals surface area contributed by atoms with Crippen molar-refractivity contribution in [3.05, 3.63) is 41.7 Å². The first kappa shape index (κ1) is 20.4. The zero-order chi connectivity index (χ0) is 22.7. The summed E-state index contributed by atoms with van der Waals surface area (Å²) in [7, 11) is 0. The maximum Gasteiger partial charge on any atom is 0.245 e. The van der Waals surface area contributed by atoms with Crippen molar-refractivity contribution >= 4 is 28.3 Å². The van der Waals surface area contributed by atoms with Gasteiger partial charge in [-0.2, -0.15) is 5.10 Å². The molecule has 3 aromatic heterocycles. The molecule has 0 aliphatic heterocycles. The van der Waals surface area contributed by atoms with Crippen LogP contribution >= 0.6 is 0 Å². The molecule has 1 saturated carbocycles. The average molecular weight is 446 g/mol. The molecule has 3 heterocycles. The van der Waals surface area contributed by atoms with Crippen LogP contribution in [0.5, 0.6) is 0 Å². The Balaban J connectivity index is 1.58. The molecule has 3 atom stereocenters. The second-order valence-electron chi connectivity index (χ2n) is 8.02. The topological polar surface area (TPSA) is 88.0 Å². The molecular weight excluding hydrogens is 428 g/mol. The molecule has 1 unspecified atom stereocenters. The average Bonchev–Trinajstić information content (AvgIpc) is 3.11. The summed E-state index contributed by atoms with van der Waals surface area (Å²) >= 11 is 0. The Morgan fingerprint density at radius 3 is 2.75 bits per heavy atom. The largest absolute Gasteiger partial charge is 0.309 e. The molecule has 5 rings (SSSR count). The van der Waals surface area contributed by atoms with Crippen LogP contribution in [-0.2, 0) is 4.79 Å². The standard InChI is InChI=1S/C21H18F4N6O/c1-8-16(11-4-27-30-19(11)17(18(8)23)9(2)20(24)25)13-6-31-7-14(28-15(31)5-26-13)29-21(32)10-3-12(10)22/h4-7,9-10,12,20H,3H2,1-2H3,(H,27,30)(H,29,32)/t9?,10-,12+/m1/s1. The van der Waals surface area contributed by atoms with E-state index < -0.39 is 36.2 Å². The number of imidazole rings is 1. The number of anilines is 1. The number of carbonyl (C=O) groups is 1. The maximum atomic E-state index is 15.2. The molecule has 0 saturated heterocycles. The summed E-state index contributed by atoms with van der Waals surface area (Å²) in [5, 5.41) is 9.62. The van der Waals surface area contributed by atoms with Gasteiger partial charge in [0.25, 0.3) is 0 Å². The fourth-order valence-electron chi connectivity index (χ4n) is 3.93. The van der Waals surface area contributed by atoms with Gasteiger partial charge in [-0.05, 0) is 18.9 Å². The molecule has 0 spiro atoms. The van der Waals surface area contributed by atoms with Crippen LogP contribution in [0.15, 0.2) is 24.8 Å². The molecule has 1 aromatic carbocycles. The summed E-state index contributed by atoms with van der Waals surface area (Å²) in [6.07, 6.45) is 2.38. The molecule has 166 valence electrons. The van der Waals surface area contributed by atoms with Crippen LogP contribution in [0.1, 0.15) is 30.4 Å². The molecule has 4 aromatic rings. The second-order valence-corrected chi connectivity index (χ2v) is 8.02. The van der Waals surface area contributed by atoms with E-state index in [0.29, 0.717) is 22.3 Å². The fraction of sp³-hybridized carbons (Fsp3) is 0.333. The maximum absolute atomic E-state index is 15.2. The van der Waals surface area contributed by atoms with E-state index in [1.54, 1.807) is 16.8 Å². The van der Waals surface area contributed by atoms with Gasteiger partial charge in [-0.15, -0.1) is 0 Å². The Morgan fingerprint density at radius 2 is 2.06 bits per heavy atom. The Labute approximate surface area is 178 Å². The molecule has 11 heteroatoms. The van der Waals surface area contributed by atoms with Crippen LogP contribution in [0.25, 0.3) is 27.8 Å². The van der Waals surface area contributed by atoms with Gasteiger partial charge in [-0.1, -0.05) is 6.92 Å². The zero-order valence-corrected chi connectivity index (χ0v) is 17.0. The SMILES string of the molecule is Cc1c(F)c(C(C)C(F)F)c2[nH]ncc2c1-c1cn2cc(NC(=O)[C@@H]3C[C@@H]3F)nc2cn1. The molecular formula is C21H18F4N6O. The van der Waals surface area contributed by atoms with E-state index in [-0.39, 0.29) is 28.9 Å². The number of hydrogen-bond donors (Lipinski definition) is 2. The third-order valence-electron chi connectivity index (χ3n) is 5.85. The summed E-state index contributed by atoms with van der Waals surface area (Å²) in [4.78, 5) is 20.6. The number of amides is 1. The van der Waals surface area contributed by atoms with Crippen molar-refractivity contribution in [3.8, 4) is 11.3 Å². The number of alkyl halides is 3. The highest BCUT2D eigenvalue weighted by Crippen LogP contribution is 2.39. The summed E-state index contributed by atoms with van der Waals surface area (Å²) < 4.78 is 56.6. The third-order valence-corrected chi connectivity index (χ3v) is 5.85. The van der Waals surface area contributed by atoms with E-state index in [0.717, 1.165) is 0 Å². The minimum absolute atomic E-state index is 0.117. The highest BCUT2D eigenvalue weighted by molar-refractivity contribution is 5.97. The van der Waals surface area contributed by atoms with Gasteiger partial charge in [0, 0.05) is 28.6 Å². The lowest BCUT2D eigenvalue weighted by molar-refractivity contribution is -0.117. The number of H-pyrrole nitrogens is 1. The number of fused-ring (bicyclic) bond motifs is 2. The predicted octanol–water partition coefficient (Wildman–Crippen LogP) is 4.39. The Hall–Kier alpha value is -3.50. The van der Waals surface area contributed by atoms with Gasteiger partial charge in [-0.25, -0.2) is 22.5 Å². The van der Waals surface area contributed by atoms with Crippen LogP contribution in [-0.4, -0.2) is 43.1 Å². The van der Waals surface area contributed by atoms with Crippen LogP contribution in [0, 0.1) is 18.7 Å². The summed E-state index contributed by atoms with van der Waals surface area (Å²) in [6, 6.07) is 0. The minimum atomic E-state index is -2.74. The molecule has 32 heavy (non-hydrogen) atoms. The third kappa shape index (κ3) is 3.19. The molecule has 1 aliphatic rings. The van der Waals surface area contributed by atoms with E-state index in [2.05, 4.69) is 25.5 Å². The number of carbonyl (C=O) groups excluding carboxylic acids is 1. The van der Waals surface area contributed by atoms with Gasteiger partial charge in [0.2, 0.25) is 12.3 Å². The van der Waals surface area contributed by atoms with Gasteiger partial charge in [0.1, 0.15) is 12.0 Å². The number of benzene rings is 1. The number of aromatic nitrogens is 5. The van der Waals surface area contributed by atoms with Gasteiger partial charge in [0.05, 0.1) is 35.7 Å². The highest BCUT2D eigenvalue weighted by atomic mass is 19.3. The van der Waals surface area contributed by atoms with Crippen molar-refractivity contribution in [1.29, 1.82) is 0 Å². The molecule has 0 bridgehead atoms. The van der Waals surface area contributed by atoms with E-state index in [9.17, 15) is 18.0 Å². The van der Waals surface area contributed by atoms with Crippen LogP contribution in [0.4, 0.5) is 23.4 Å². The van der Waals surface area contributed by atoms with Gasteiger partial charge in [0.15, 0.2) is 11.5 Å². The van der Waals surface area contributed by atoms with Crippen molar-refractivity contribution < 1.29 is 22.4 Å². The number of aromatic amines is 1. The Kier molecular flexibility index (Phi) is 4.64. The Morgan fingerprint density at radius 1 is 1.31 bits per heavy atom. The van der Waals surface area contributed by atoms with E-state index in [1.807, 2.05) is 0 Å². The van der Waals surface area contributed by atoms with Gasteiger partial charge >= 0.3 is 0 Å². The number of nitrogens with zero attached hydrogens (tertiary/aromatic N) is 4. The monoisotopic (exact) mass is 446 g/mol. The summed E-state index contributed by atoms with van der Waals surface area (Å²) in [5.41, 5.74) is 1.45. The van der Waals surface area contributed by atoms with Crippen molar-refractivity contribution in [2.75, 3.05) is 5.32 Å². The highest BCUT2D eigenvalue weighted by Gasteiger charge is 2.43. The lowest BCUT2D eigenvalue weighted by Gasteiger charge is -2.17. The predicted molar refractivity (Wildman–Crippen MR) is 109 cm³/mol. The van der Waals surface area contributed by atoms with E-state index in [4.69, 9.17) is 0 Å². The van der Waals surface area contributed by atoms with E-state index >= 15 is 4.39 Å². The molecule has 1 amide bonds. The first-order valence-corrected chi connectivity index (χ1v) is 9.99. The summed E-state index contributed by atoms with van der Waals surface area (Å²) in [5.74, 6) is -2.91. The molecule has 0 radical (unpaired) electrons. The Bertz CT molecular complexity index is 1360. The first-order valence-electron chi connectivity index (χ1n) is 9.99. The van der Waals surface area contributed by atoms with Crippen LogP contribution in [0.3, 0.4) is 0 Å². The smallest absolute Gasteiger partial charge is 0.245 e. The van der Waals surface area contributed by atoms with Gasteiger partial charge < -0.3 is 9.72 Å². The molecule has 1 aliphatic carbocycles. The number of nitrogens with one attached hydrogen (secondary N) is 2. The quantitative estimate of drug-likeness (QED) is 0.445. The number of halogens is 4. The molecule has 7 nitrogen and oxygen atoms in total. The normalized spacial score (nSPS) is 19.1. The minimum Gasteiger partial charge on any atom is -0.309 e. The van der Waals surface area contributed by atoms with Crippen LogP contribution < -0.4 is 5.32 Å². The van der Waals surface area contributed by atoms with Gasteiger partial charge in [-0.3, -0.25) is 14.9 Å². The lowest BCUT2D eigenvalue weighted by Crippen LogP contribution is -2.15. The lowest BCUT2D eigenvalue weighted by atomic mass is 9.91. The van der Waals surface area contributed by atoms with Crippen molar-refractivity contribution in [1.82, 2.24) is 24.6 Å². The molecule has 2 N–H and O–H groups in total. The van der Waals surface area contributed by atoms with E-state index in [1.165, 1.54) is 26.2 Å². The summed E-state index contributed by atoms with van der Waals surface area (Å²) in [6.45, 7) is 2.77. The van der Waals surface area contributed by atoms with Crippen molar-refractivity contribution in [2.24, 2.45) is 5.92 Å². The van der Waals surface area contributed by atoms with Crippen LogP contribution in [0.2, 0.25) is 0 Å². The molecule has 1 fully saturated rings. The number of rotatable bonds is 5. The fourth-order valence-corrected chi connectivity index (χ4v) is 3.93. The van der Waals surface area contributed by atoms with Crippen molar-refractivity contribution in [3.63, 3.8) is 0 Å². The zero-order valence-electron chi connectivity index (χ0n) is 17.0. The number of hydrogen-bond acceptors (Lipinski definition) is 4. The van der Waals surface area contributed by atoms with Crippen molar-refractivity contribution in [2.45, 2.75) is 38.8 Å². The first-order chi connectivity index (χ1) is 15.3.